The van der Waals surface area contributed by atoms with Crippen LogP contribution in [0, 0.1) is 0 Å². The molecule has 0 amide bonds. The number of hydrogen-bond acceptors (Lipinski definition) is 6. The van der Waals surface area contributed by atoms with Gasteiger partial charge < -0.3 is 25.0 Å². The zero-order valence-corrected chi connectivity index (χ0v) is 15.8. The van der Waals surface area contributed by atoms with Crippen molar-refractivity contribution in [3.63, 3.8) is 0 Å². The van der Waals surface area contributed by atoms with Crippen molar-refractivity contribution in [1.29, 1.82) is 0 Å². The van der Waals surface area contributed by atoms with E-state index in [0.29, 0.717) is 12.3 Å². The lowest BCUT2D eigenvalue weighted by Gasteiger charge is -2.36. The molecule has 1 fully saturated rings. The number of piperazine rings is 1. The molecule has 0 bridgehead atoms. The van der Waals surface area contributed by atoms with Gasteiger partial charge in [-0.05, 0) is 31.2 Å². The van der Waals surface area contributed by atoms with Crippen LogP contribution in [0.5, 0.6) is 11.5 Å². The van der Waals surface area contributed by atoms with Gasteiger partial charge in [0.2, 0.25) is 5.95 Å². The van der Waals surface area contributed by atoms with Gasteiger partial charge in [-0.15, -0.1) is 0 Å². The zero-order chi connectivity index (χ0) is 19.1. The Morgan fingerprint density at radius 3 is 2.63 bits per heavy atom. The molecule has 1 saturated heterocycles. The molecule has 0 aliphatic carbocycles. The maximum atomic E-state index is 10.1. The number of aromatic hydroxyl groups is 1. The minimum Gasteiger partial charge on any atom is -0.508 e. The van der Waals surface area contributed by atoms with Gasteiger partial charge in [-0.1, -0.05) is 0 Å². The van der Waals surface area contributed by atoms with Crippen molar-refractivity contribution in [2.24, 2.45) is 4.99 Å². The third kappa shape index (κ3) is 4.78. The van der Waals surface area contributed by atoms with Crippen LogP contribution in [0.1, 0.15) is 12.5 Å². The first-order valence-electron chi connectivity index (χ1n) is 9.12. The van der Waals surface area contributed by atoms with E-state index in [4.69, 9.17) is 9.73 Å². The Bertz CT molecular complexity index is 760. The number of hydrogen-bond donors (Lipinski definition) is 2. The average Bonchev–Trinajstić information content (AvgIpc) is 2.73. The molecule has 0 unspecified atom stereocenters. The molecule has 144 valence electrons. The fraction of sp³-hybridized carbons (Fsp3) is 0.421. The maximum absolute atomic E-state index is 10.1. The molecule has 1 aliphatic heterocycles. The molecule has 0 radical (unpaired) electrons. The summed E-state index contributed by atoms with van der Waals surface area (Å²) in [5.41, 5.74) is 0.737. The van der Waals surface area contributed by atoms with Gasteiger partial charge in [-0.2, -0.15) is 0 Å². The third-order valence-corrected chi connectivity index (χ3v) is 4.43. The first kappa shape index (κ1) is 18.8. The van der Waals surface area contributed by atoms with Gasteiger partial charge in [0.1, 0.15) is 11.5 Å². The van der Waals surface area contributed by atoms with Gasteiger partial charge in [0, 0.05) is 50.7 Å². The highest BCUT2D eigenvalue weighted by molar-refractivity contribution is 5.80. The first-order chi connectivity index (χ1) is 13.2. The molecular formula is C19H26N6O2. The molecule has 2 heterocycles. The van der Waals surface area contributed by atoms with E-state index in [2.05, 4.69) is 25.1 Å². The summed E-state index contributed by atoms with van der Waals surface area (Å²) in [6.07, 6.45) is 3.53. The number of benzene rings is 1. The van der Waals surface area contributed by atoms with Crippen molar-refractivity contribution in [1.82, 2.24) is 20.2 Å². The summed E-state index contributed by atoms with van der Waals surface area (Å²) < 4.78 is 5.23. The molecule has 27 heavy (non-hydrogen) atoms. The number of anilines is 1. The van der Waals surface area contributed by atoms with Gasteiger partial charge in [-0.25, -0.2) is 15.0 Å². The number of methoxy groups -OCH3 is 1. The second-order valence-corrected chi connectivity index (χ2v) is 6.19. The van der Waals surface area contributed by atoms with Crippen molar-refractivity contribution in [2.45, 2.75) is 13.5 Å². The number of aliphatic imine (C=N–C) groups is 1. The predicted octanol–water partition coefficient (Wildman–Crippen LogP) is 1.48. The Labute approximate surface area is 159 Å². The van der Waals surface area contributed by atoms with Crippen LogP contribution in [0.2, 0.25) is 0 Å². The van der Waals surface area contributed by atoms with Crippen molar-refractivity contribution in [2.75, 3.05) is 44.7 Å². The number of phenols is 1. The van der Waals surface area contributed by atoms with E-state index in [0.717, 1.165) is 50.2 Å². The predicted molar refractivity (Wildman–Crippen MR) is 105 cm³/mol. The number of nitrogens with one attached hydrogen (secondary N) is 1. The van der Waals surface area contributed by atoms with E-state index in [1.54, 1.807) is 31.6 Å². The number of aromatic nitrogens is 2. The fourth-order valence-electron chi connectivity index (χ4n) is 2.97. The topological polar surface area (TPSA) is 86.1 Å². The number of guanidine groups is 1. The molecule has 0 spiro atoms. The van der Waals surface area contributed by atoms with Crippen LogP contribution in [0.4, 0.5) is 5.95 Å². The lowest BCUT2D eigenvalue weighted by atomic mass is 10.2. The van der Waals surface area contributed by atoms with E-state index in [1.807, 2.05) is 19.1 Å². The van der Waals surface area contributed by atoms with Gasteiger partial charge in [-0.3, -0.25) is 0 Å². The summed E-state index contributed by atoms with van der Waals surface area (Å²) >= 11 is 0. The van der Waals surface area contributed by atoms with Crippen LogP contribution < -0.4 is 15.0 Å². The van der Waals surface area contributed by atoms with E-state index < -0.39 is 0 Å². The molecule has 2 aromatic rings. The summed E-state index contributed by atoms with van der Waals surface area (Å²) in [4.78, 5) is 17.7. The highest BCUT2D eigenvalue weighted by atomic mass is 16.5. The number of phenolic OH excluding ortho intramolecular Hbond substituents is 1. The number of ether oxygens (including phenoxy) is 1. The molecular weight excluding hydrogens is 344 g/mol. The van der Waals surface area contributed by atoms with E-state index in [1.165, 1.54) is 0 Å². The molecule has 0 saturated carbocycles. The van der Waals surface area contributed by atoms with Crippen LogP contribution in [0.3, 0.4) is 0 Å². The lowest BCUT2D eigenvalue weighted by Crippen LogP contribution is -2.52. The molecule has 0 atom stereocenters. The van der Waals surface area contributed by atoms with Crippen LogP contribution in [0.25, 0.3) is 0 Å². The summed E-state index contributed by atoms with van der Waals surface area (Å²) in [6, 6.07) is 7.00. The van der Waals surface area contributed by atoms with Crippen molar-refractivity contribution in [3.8, 4) is 11.5 Å². The van der Waals surface area contributed by atoms with Gasteiger partial charge in [0.15, 0.2) is 5.96 Å². The van der Waals surface area contributed by atoms with Crippen molar-refractivity contribution in [3.05, 3.63) is 42.2 Å². The van der Waals surface area contributed by atoms with Crippen molar-refractivity contribution >= 4 is 11.9 Å². The molecule has 2 N–H and O–H groups in total. The fourth-order valence-corrected chi connectivity index (χ4v) is 2.97. The summed E-state index contributed by atoms with van der Waals surface area (Å²) in [7, 11) is 1.61. The number of rotatable bonds is 5. The molecule has 1 aromatic heterocycles. The van der Waals surface area contributed by atoms with Gasteiger partial charge in [0.05, 0.1) is 13.7 Å². The summed E-state index contributed by atoms with van der Waals surface area (Å²) in [5, 5.41) is 13.4. The monoisotopic (exact) mass is 370 g/mol. The molecule has 8 nitrogen and oxygen atoms in total. The quantitative estimate of drug-likeness (QED) is 0.609. The van der Waals surface area contributed by atoms with Gasteiger partial charge >= 0.3 is 0 Å². The second-order valence-electron chi connectivity index (χ2n) is 6.19. The Morgan fingerprint density at radius 2 is 1.96 bits per heavy atom. The van der Waals surface area contributed by atoms with Gasteiger partial charge in [0.25, 0.3) is 0 Å². The second kappa shape index (κ2) is 9.07. The molecule has 8 heteroatoms. The minimum absolute atomic E-state index is 0.224. The Morgan fingerprint density at radius 1 is 1.22 bits per heavy atom. The number of nitrogens with zero attached hydrogens (tertiary/aromatic N) is 5. The highest BCUT2D eigenvalue weighted by Crippen LogP contribution is 2.23. The normalized spacial score (nSPS) is 15.0. The average molecular weight is 370 g/mol. The van der Waals surface area contributed by atoms with E-state index >= 15 is 0 Å². The summed E-state index contributed by atoms with van der Waals surface area (Å²) in [6.45, 7) is 6.53. The highest BCUT2D eigenvalue weighted by Gasteiger charge is 2.21. The smallest absolute Gasteiger partial charge is 0.225 e. The van der Waals surface area contributed by atoms with Crippen LogP contribution >= 0.6 is 0 Å². The van der Waals surface area contributed by atoms with E-state index in [9.17, 15) is 5.11 Å². The third-order valence-electron chi connectivity index (χ3n) is 4.43. The Kier molecular flexibility index (Phi) is 6.30. The Hall–Kier alpha value is -3.03. The minimum atomic E-state index is 0.224. The first-order valence-corrected chi connectivity index (χ1v) is 9.12. The standard InChI is InChI=1S/C19H26N6O2/c1-3-20-18(23-14-15-13-16(27-2)5-6-17(15)26)24-9-11-25(12-10-24)19-21-7-4-8-22-19/h4-8,13,26H,3,9-12,14H2,1-2H3,(H,20,23). The van der Waals surface area contributed by atoms with Crippen LogP contribution in [0.15, 0.2) is 41.7 Å². The summed E-state index contributed by atoms with van der Waals surface area (Å²) in [5.74, 6) is 2.54. The van der Waals surface area contributed by atoms with Crippen LogP contribution in [-0.4, -0.2) is 65.8 Å². The molecule has 3 rings (SSSR count). The molecule has 1 aromatic carbocycles. The molecule has 1 aliphatic rings. The Balaban J connectivity index is 1.66. The zero-order valence-electron chi connectivity index (χ0n) is 15.8. The SMILES string of the molecule is CCNC(=NCc1cc(OC)ccc1O)N1CCN(c2ncccn2)CC1. The maximum Gasteiger partial charge on any atom is 0.225 e. The van der Waals surface area contributed by atoms with Crippen molar-refractivity contribution < 1.29 is 9.84 Å². The van der Waals surface area contributed by atoms with E-state index in [-0.39, 0.29) is 5.75 Å². The van der Waals surface area contributed by atoms with Crippen LogP contribution in [-0.2, 0) is 6.54 Å². The largest absolute Gasteiger partial charge is 0.508 e. The lowest BCUT2D eigenvalue weighted by molar-refractivity contribution is 0.370.